The van der Waals surface area contributed by atoms with Gasteiger partial charge in [0.05, 0.1) is 26.9 Å². The van der Waals surface area contributed by atoms with Gasteiger partial charge in [-0.25, -0.2) is 9.97 Å². The van der Waals surface area contributed by atoms with Crippen LogP contribution < -0.4 is 10.6 Å². The summed E-state index contributed by atoms with van der Waals surface area (Å²) in [6.45, 7) is 6.45. The van der Waals surface area contributed by atoms with Crippen LogP contribution in [0.2, 0.25) is 10.0 Å². The molecule has 47 heavy (non-hydrogen) atoms. The van der Waals surface area contributed by atoms with Crippen molar-refractivity contribution in [3.63, 3.8) is 0 Å². The number of carbonyl (C=O) groups excluding carboxylic acids is 2. The van der Waals surface area contributed by atoms with E-state index in [4.69, 9.17) is 23.2 Å². The van der Waals surface area contributed by atoms with Crippen molar-refractivity contribution in [1.29, 1.82) is 0 Å². The van der Waals surface area contributed by atoms with Gasteiger partial charge in [0, 0.05) is 80.0 Å². The van der Waals surface area contributed by atoms with Crippen LogP contribution in [0.25, 0.3) is 22.1 Å². The average molecular weight is 670 g/mol. The maximum Gasteiger partial charge on any atom is 0.257 e. The number of anilines is 1. The van der Waals surface area contributed by atoms with Gasteiger partial charge in [-0.3, -0.25) is 19.6 Å². The van der Waals surface area contributed by atoms with E-state index < -0.39 is 0 Å². The number of amides is 2. The second kappa shape index (κ2) is 14.3. The van der Waals surface area contributed by atoms with Crippen molar-refractivity contribution in [2.75, 3.05) is 5.32 Å². The highest BCUT2D eigenvalue weighted by atomic mass is 35.5. The first-order valence-electron chi connectivity index (χ1n) is 15.4. The number of halogens is 2. The summed E-state index contributed by atoms with van der Waals surface area (Å²) < 4.78 is 4.11. The van der Waals surface area contributed by atoms with Gasteiger partial charge in [-0.15, -0.1) is 0 Å². The number of hydrogen-bond acceptors (Lipinski definition) is 6. The minimum atomic E-state index is -0.287. The molecule has 0 radical (unpaired) electrons. The maximum absolute atomic E-state index is 12.7. The van der Waals surface area contributed by atoms with Crippen molar-refractivity contribution < 1.29 is 9.59 Å². The van der Waals surface area contributed by atoms with E-state index in [9.17, 15) is 9.59 Å². The van der Waals surface area contributed by atoms with Gasteiger partial charge < -0.3 is 19.8 Å². The smallest absolute Gasteiger partial charge is 0.257 e. The molecule has 10 nitrogen and oxygen atoms in total. The van der Waals surface area contributed by atoms with Crippen molar-refractivity contribution in [3.05, 3.63) is 113 Å². The largest absolute Gasteiger partial charge is 0.348 e. The Balaban J connectivity index is 0.000000164. The highest BCUT2D eigenvalue weighted by molar-refractivity contribution is 6.39. The third-order valence-corrected chi connectivity index (χ3v) is 8.34. The Bertz CT molecular complexity index is 2020. The summed E-state index contributed by atoms with van der Waals surface area (Å²) in [5.41, 5.74) is 4.29. The van der Waals surface area contributed by atoms with Crippen LogP contribution in [0.4, 0.5) is 5.69 Å². The summed E-state index contributed by atoms with van der Waals surface area (Å²) >= 11 is 12.1. The van der Waals surface area contributed by atoms with Gasteiger partial charge in [-0.1, -0.05) is 37.0 Å². The highest BCUT2D eigenvalue weighted by Gasteiger charge is 2.24. The van der Waals surface area contributed by atoms with E-state index in [-0.39, 0.29) is 11.8 Å². The maximum atomic E-state index is 12.7. The van der Waals surface area contributed by atoms with Gasteiger partial charge in [-0.05, 0) is 66.6 Å². The fraction of sp³-hybridized carbons (Fsp3) is 0.257. The fourth-order valence-electron chi connectivity index (χ4n) is 5.35. The van der Waals surface area contributed by atoms with Crippen LogP contribution in [-0.2, 0) is 19.6 Å². The molecule has 6 heterocycles. The number of aromatic nitrogens is 6. The van der Waals surface area contributed by atoms with E-state index in [1.54, 1.807) is 24.8 Å². The third kappa shape index (κ3) is 7.61. The molecule has 0 aromatic carbocycles. The molecule has 2 amide bonds. The zero-order valence-corrected chi connectivity index (χ0v) is 27.5. The number of nitrogens with one attached hydrogen (secondary N) is 2. The molecule has 1 fully saturated rings. The summed E-state index contributed by atoms with van der Waals surface area (Å²) in [6.07, 6.45) is 16.1. The molecular weight excluding hydrogens is 635 g/mol. The van der Waals surface area contributed by atoms with Crippen LogP contribution >= 0.6 is 23.2 Å². The van der Waals surface area contributed by atoms with E-state index >= 15 is 0 Å². The average Bonchev–Trinajstić information content (AvgIpc) is 3.72. The highest BCUT2D eigenvalue weighted by Crippen LogP contribution is 2.33. The monoisotopic (exact) mass is 668 g/mol. The van der Waals surface area contributed by atoms with Gasteiger partial charge >= 0.3 is 0 Å². The Morgan fingerprint density at radius 2 is 1.43 bits per heavy atom. The third-order valence-electron chi connectivity index (χ3n) is 7.76. The summed E-state index contributed by atoms with van der Waals surface area (Å²) in [6, 6.07) is 11.3. The lowest BCUT2D eigenvalue weighted by Crippen LogP contribution is -2.22. The first kappa shape index (κ1) is 32.2. The molecule has 240 valence electrons. The molecule has 1 saturated carbocycles. The number of nitrogens with zero attached hydrogens (tertiary/aromatic N) is 6. The minimum absolute atomic E-state index is 0.0608. The van der Waals surface area contributed by atoms with Crippen molar-refractivity contribution in [3.8, 4) is 0 Å². The summed E-state index contributed by atoms with van der Waals surface area (Å²) in [5.74, 6) is 0.822. The molecule has 2 N–H and O–H groups in total. The Morgan fingerprint density at radius 3 is 2.04 bits per heavy atom. The Hall–Kier alpha value is -4.80. The predicted octanol–water partition coefficient (Wildman–Crippen LogP) is 7.42. The van der Waals surface area contributed by atoms with Gasteiger partial charge in [0.15, 0.2) is 0 Å². The molecule has 0 bridgehead atoms. The van der Waals surface area contributed by atoms with Gasteiger partial charge in [0.1, 0.15) is 11.3 Å². The topological polar surface area (TPSA) is 120 Å². The lowest BCUT2D eigenvalue weighted by atomic mass is 10.2. The normalized spacial score (nSPS) is 12.6. The van der Waals surface area contributed by atoms with Gasteiger partial charge in [0.2, 0.25) is 0 Å². The van der Waals surface area contributed by atoms with E-state index in [0.29, 0.717) is 39.3 Å². The van der Waals surface area contributed by atoms with E-state index in [2.05, 4.69) is 49.0 Å². The van der Waals surface area contributed by atoms with Gasteiger partial charge in [-0.2, -0.15) is 0 Å². The van der Waals surface area contributed by atoms with Crippen LogP contribution in [0.1, 0.15) is 53.0 Å². The number of pyridine rings is 4. The summed E-state index contributed by atoms with van der Waals surface area (Å²) in [4.78, 5) is 42.0. The lowest BCUT2D eigenvalue weighted by Gasteiger charge is -2.08. The van der Waals surface area contributed by atoms with Crippen molar-refractivity contribution in [2.24, 2.45) is 11.8 Å². The molecule has 6 aromatic heterocycles. The minimum Gasteiger partial charge on any atom is -0.348 e. The number of hydrogen-bond donors (Lipinski definition) is 2. The summed E-state index contributed by atoms with van der Waals surface area (Å²) in [7, 11) is 0. The second-order valence-electron chi connectivity index (χ2n) is 11.9. The zero-order valence-electron chi connectivity index (χ0n) is 26.0. The van der Waals surface area contributed by atoms with Crippen molar-refractivity contribution in [1.82, 2.24) is 34.4 Å². The molecule has 1 aliphatic carbocycles. The molecule has 0 unspecified atom stereocenters. The molecule has 0 aliphatic heterocycles. The van der Waals surface area contributed by atoms with E-state index in [1.807, 2.05) is 53.4 Å². The lowest BCUT2D eigenvalue weighted by molar-refractivity contribution is 0.0951. The SMILES string of the molecule is CC(C)Cn1cc(C(=O)Nc2c(Cl)cncc2Cl)c2cccnc21.O=C(NCc1ccncc1)c1cn(CC2CC2)c2ncccc12. The number of rotatable bonds is 9. The molecule has 0 atom stereocenters. The Kier molecular flexibility index (Phi) is 9.79. The van der Waals surface area contributed by atoms with E-state index in [1.165, 1.54) is 25.2 Å². The first-order chi connectivity index (χ1) is 22.8. The fourth-order valence-corrected chi connectivity index (χ4v) is 5.81. The van der Waals surface area contributed by atoms with Crippen molar-refractivity contribution in [2.45, 2.75) is 46.3 Å². The summed E-state index contributed by atoms with van der Waals surface area (Å²) in [5, 5.41) is 8.04. The second-order valence-corrected chi connectivity index (χ2v) is 12.8. The number of fused-ring (bicyclic) bond motifs is 2. The van der Waals surface area contributed by atoms with Crippen LogP contribution in [0.15, 0.2) is 86.0 Å². The van der Waals surface area contributed by atoms with Gasteiger partial charge in [0.25, 0.3) is 11.8 Å². The van der Waals surface area contributed by atoms with Crippen LogP contribution in [0.5, 0.6) is 0 Å². The van der Waals surface area contributed by atoms with Crippen molar-refractivity contribution >= 4 is 62.8 Å². The van der Waals surface area contributed by atoms with Crippen LogP contribution in [0.3, 0.4) is 0 Å². The standard InChI is InChI=1S/C18H18N4O.C17H16Cl2N4O/c23-18(21-10-13-5-8-19-9-6-13)16-12-22(11-14-3-4-14)17-15(16)2-1-7-20-17;1-10(2)8-23-9-12(11-4-3-5-21-16(11)23)17(24)22-15-13(18)6-20-7-14(15)19/h1-2,5-9,12,14H,3-4,10-11H2,(H,21,23);3-7,9-10H,8H2,1-2H3,(H,20,22,24). The van der Waals surface area contributed by atoms with Crippen LogP contribution in [0, 0.1) is 11.8 Å². The molecule has 12 heteroatoms. The Morgan fingerprint density at radius 1 is 0.830 bits per heavy atom. The molecular formula is C35H34Cl2N8O2. The molecule has 0 spiro atoms. The molecule has 6 aromatic rings. The Labute approximate surface area is 282 Å². The van der Waals surface area contributed by atoms with Crippen LogP contribution in [-0.4, -0.2) is 40.9 Å². The first-order valence-corrected chi connectivity index (χ1v) is 16.2. The predicted molar refractivity (Wildman–Crippen MR) is 185 cm³/mol. The zero-order chi connectivity index (χ0) is 32.9. The molecule has 7 rings (SSSR count). The number of carbonyl (C=O) groups is 2. The quantitative estimate of drug-likeness (QED) is 0.165. The van der Waals surface area contributed by atoms with E-state index in [0.717, 1.165) is 46.6 Å². The molecule has 0 saturated heterocycles. The molecule has 1 aliphatic rings.